The normalized spacial score (nSPS) is 23.9. The van der Waals surface area contributed by atoms with Crippen LogP contribution in [0.1, 0.15) is 44.0 Å². The molecular weight excluding hydrogens is 304 g/mol. The zero-order valence-electron chi connectivity index (χ0n) is 13.9. The van der Waals surface area contributed by atoms with E-state index in [9.17, 15) is 4.79 Å². The molecular formula is C18H24N4O2. The Balaban J connectivity index is 1.51. The minimum Gasteiger partial charge on any atom is -0.377 e. The van der Waals surface area contributed by atoms with Crippen molar-refractivity contribution in [3.8, 4) is 0 Å². The van der Waals surface area contributed by atoms with Crippen LogP contribution in [0.25, 0.3) is 0 Å². The average molecular weight is 328 g/mol. The topological polar surface area (TPSA) is 67.4 Å². The lowest BCUT2D eigenvalue weighted by Crippen LogP contribution is -2.44. The highest BCUT2D eigenvalue weighted by Gasteiger charge is 2.32. The maximum atomic E-state index is 12.8. The zero-order valence-corrected chi connectivity index (χ0v) is 13.9. The molecule has 4 rings (SSSR count). The fourth-order valence-electron chi connectivity index (χ4n) is 3.31. The van der Waals surface area contributed by atoms with Gasteiger partial charge in [0.1, 0.15) is 11.9 Å². The van der Waals surface area contributed by atoms with Crippen molar-refractivity contribution < 1.29 is 9.53 Å². The van der Waals surface area contributed by atoms with E-state index in [0.29, 0.717) is 25.6 Å². The van der Waals surface area contributed by atoms with Gasteiger partial charge in [-0.3, -0.25) is 4.79 Å². The molecule has 3 aliphatic rings. The molecule has 1 N–H and O–H groups in total. The van der Waals surface area contributed by atoms with Gasteiger partial charge < -0.3 is 15.0 Å². The standard InChI is InChI=1S/C18H24N4O2/c23-18(14-3-1-2-4-14)22-9-10-24-12-15(22)17-19-8-7-16(21-17)20-11-13-5-6-13/h3,7-8,13,15H,1-2,4-6,9-12H2,(H,19,20,21)/t15-/m0/s1. The van der Waals surface area contributed by atoms with Gasteiger partial charge in [0.05, 0.1) is 13.2 Å². The van der Waals surface area contributed by atoms with Crippen LogP contribution in [0, 0.1) is 5.92 Å². The first-order valence-corrected chi connectivity index (χ1v) is 8.96. The van der Waals surface area contributed by atoms with Crippen molar-refractivity contribution in [1.82, 2.24) is 14.9 Å². The second kappa shape index (κ2) is 6.89. The van der Waals surface area contributed by atoms with Crippen LogP contribution in [-0.2, 0) is 9.53 Å². The average Bonchev–Trinajstić information content (AvgIpc) is 3.31. The number of carbonyl (C=O) groups is 1. The third-order valence-corrected chi connectivity index (χ3v) is 4.95. The van der Waals surface area contributed by atoms with Gasteiger partial charge in [-0.25, -0.2) is 9.97 Å². The molecule has 1 aromatic heterocycles. The number of ether oxygens (including phenoxy) is 1. The van der Waals surface area contributed by atoms with Crippen molar-refractivity contribution in [1.29, 1.82) is 0 Å². The summed E-state index contributed by atoms with van der Waals surface area (Å²) < 4.78 is 5.61. The molecule has 1 atom stereocenters. The van der Waals surface area contributed by atoms with Gasteiger partial charge in [-0.2, -0.15) is 0 Å². The summed E-state index contributed by atoms with van der Waals surface area (Å²) in [6, 6.07) is 1.69. The lowest BCUT2D eigenvalue weighted by atomic mass is 10.1. The Hall–Kier alpha value is -1.95. The van der Waals surface area contributed by atoms with E-state index >= 15 is 0 Å². The number of nitrogens with one attached hydrogen (secondary N) is 1. The summed E-state index contributed by atoms with van der Waals surface area (Å²) in [5.74, 6) is 2.42. The van der Waals surface area contributed by atoms with Crippen LogP contribution in [0.15, 0.2) is 23.9 Å². The summed E-state index contributed by atoms with van der Waals surface area (Å²) in [6.45, 7) is 2.61. The van der Waals surface area contributed by atoms with Gasteiger partial charge in [-0.05, 0) is 44.1 Å². The molecule has 0 unspecified atom stereocenters. The van der Waals surface area contributed by atoms with E-state index in [-0.39, 0.29) is 11.9 Å². The van der Waals surface area contributed by atoms with E-state index in [1.54, 1.807) is 6.20 Å². The van der Waals surface area contributed by atoms with Crippen molar-refractivity contribution in [3.63, 3.8) is 0 Å². The van der Waals surface area contributed by atoms with Crippen LogP contribution in [0.2, 0.25) is 0 Å². The minimum absolute atomic E-state index is 0.126. The number of amides is 1. The molecule has 6 nitrogen and oxygen atoms in total. The predicted octanol–water partition coefficient (Wildman–Crippen LogP) is 2.31. The lowest BCUT2D eigenvalue weighted by molar-refractivity contribution is -0.136. The van der Waals surface area contributed by atoms with Crippen LogP contribution >= 0.6 is 0 Å². The third kappa shape index (κ3) is 3.43. The van der Waals surface area contributed by atoms with Gasteiger partial charge >= 0.3 is 0 Å². The van der Waals surface area contributed by atoms with E-state index in [1.165, 1.54) is 12.8 Å². The fraction of sp³-hybridized carbons (Fsp3) is 0.611. The first kappa shape index (κ1) is 15.6. The molecule has 24 heavy (non-hydrogen) atoms. The van der Waals surface area contributed by atoms with Gasteiger partial charge in [-0.1, -0.05) is 6.08 Å². The zero-order chi connectivity index (χ0) is 16.4. The van der Waals surface area contributed by atoms with Crippen LogP contribution in [0.5, 0.6) is 0 Å². The second-order valence-electron chi connectivity index (χ2n) is 6.84. The van der Waals surface area contributed by atoms with Crippen LogP contribution in [-0.4, -0.2) is 47.1 Å². The lowest BCUT2D eigenvalue weighted by Gasteiger charge is -2.35. The highest BCUT2D eigenvalue weighted by Crippen LogP contribution is 2.30. The molecule has 1 saturated carbocycles. The molecule has 0 aromatic carbocycles. The number of carbonyl (C=O) groups excluding carboxylic acids is 1. The highest BCUT2D eigenvalue weighted by atomic mass is 16.5. The van der Waals surface area contributed by atoms with E-state index < -0.39 is 0 Å². The molecule has 1 amide bonds. The van der Waals surface area contributed by atoms with Gasteiger partial charge in [0, 0.05) is 24.9 Å². The number of aromatic nitrogens is 2. The first-order chi connectivity index (χ1) is 11.8. The van der Waals surface area contributed by atoms with E-state index in [0.717, 1.165) is 43.1 Å². The van der Waals surface area contributed by atoms with Gasteiger partial charge in [-0.15, -0.1) is 0 Å². The van der Waals surface area contributed by atoms with Crippen molar-refractivity contribution in [2.75, 3.05) is 31.6 Å². The van der Waals surface area contributed by atoms with Gasteiger partial charge in [0.25, 0.3) is 0 Å². The van der Waals surface area contributed by atoms with Gasteiger partial charge in [0.2, 0.25) is 5.91 Å². The summed E-state index contributed by atoms with van der Waals surface area (Å²) in [4.78, 5) is 23.8. The molecule has 1 saturated heterocycles. The molecule has 0 spiro atoms. The number of hydrogen-bond acceptors (Lipinski definition) is 5. The number of allylic oxidation sites excluding steroid dienone is 1. The minimum atomic E-state index is -0.199. The molecule has 2 aliphatic carbocycles. The first-order valence-electron chi connectivity index (χ1n) is 8.96. The maximum absolute atomic E-state index is 12.8. The van der Waals surface area contributed by atoms with Crippen LogP contribution in [0.4, 0.5) is 5.82 Å². The Morgan fingerprint density at radius 2 is 2.33 bits per heavy atom. The fourth-order valence-corrected chi connectivity index (χ4v) is 3.31. The van der Waals surface area contributed by atoms with E-state index in [2.05, 4.69) is 21.4 Å². The Morgan fingerprint density at radius 1 is 1.42 bits per heavy atom. The summed E-state index contributed by atoms with van der Waals surface area (Å²) in [5.41, 5.74) is 0.935. The number of hydrogen-bond donors (Lipinski definition) is 1. The molecule has 0 bridgehead atoms. The van der Waals surface area contributed by atoms with Crippen LogP contribution < -0.4 is 5.32 Å². The molecule has 1 aliphatic heterocycles. The van der Waals surface area contributed by atoms with Crippen LogP contribution in [0.3, 0.4) is 0 Å². The quantitative estimate of drug-likeness (QED) is 0.898. The van der Waals surface area contributed by atoms with Gasteiger partial charge in [0.15, 0.2) is 5.82 Å². The molecule has 128 valence electrons. The predicted molar refractivity (Wildman–Crippen MR) is 90.5 cm³/mol. The summed E-state index contributed by atoms with van der Waals surface area (Å²) >= 11 is 0. The Morgan fingerprint density at radius 3 is 3.12 bits per heavy atom. The highest BCUT2D eigenvalue weighted by molar-refractivity contribution is 5.94. The molecule has 2 heterocycles. The Bertz CT molecular complexity index is 642. The molecule has 1 aromatic rings. The van der Waals surface area contributed by atoms with Crippen molar-refractivity contribution in [2.24, 2.45) is 5.92 Å². The number of rotatable bonds is 5. The Kier molecular flexibility index (Phi) is 4.47. The van der Waals surface area contributed by atoms with E-state index in [4.69, 9.17) is 4.74 Å². The third-order valence-electron chi connectivity index (χ3n) is 4.95. The maximum Gasteiger partial charge on any atom is 0.250 e. The smallest absolute Gasteiger partial charge is 0.250 e. The van der Waals surface area contributed by atoms with Crippen molar-refractivity contribution in [3.05, 3.63) is 29.7 Å². The molecule has 0 radical (unpaired) electrons. The van der Waals surface area contributed by atoms with Crippen molar-refractivity contribution >= 4 is 11.7 Å². The monoisotopic (exact) mass is 328 g/mol. The largest absolute Gasteiger partial charge is 0.377 e. The SMILES string of the molecule is O=C(C1=CCCC1)N1CCOC[C@H]1c1nccc(NCC2CC2)n1. The molecule has 6 heteroatoms. The molecule has 2 fully saturated rings. The summed E-state index contributed by atoms with van der Waals surface area (Å²) in [6.07, 6.45) is 9.41. The summed E-state index contributed by atoms with van der Waals surface area (Å²) in [5, 5.41) is 3.38. The number of morpholine rings is 1. The second-order valence-corrected chi connectivity index (χ2v) is 6.84. The number of nitrogens with zero attached hydrogens (tertiary/aromatic N) is 3. The van der Waals surface area contributed by atoms with Crippen molar-refractivity contribution in [2.45, 2.75) is 38.1 Å². The Labute approximate surface area is 142 Å². The summed E-state index contributed by atoms with van der Waals surface area (Å²) in [7, 11) is 0. The van der Waals surface area contributed by atoms with E-state index in [1.807, 2.05) is 11.0 Å². The number of anilines is 1.